The summed E-state index contributed by atoms with van der Waals surface area (Å²) in [7, 11) is 0. The number of rotatable bonds is 4. The fourth-order valence-corrected chi connectivity index (χ4v) is 4.98. The zero-order valence-electron chi connectivity index (χ0n) is 18.1. The number of aromatic hydroxyl groups is 1. The molecule has 1 saturated carbocycles. The van der Waals surface area contributed by atoms with Gasteiger partial charge < -0.3 is 20.7 Å². The van der Waals surface area contributed by atoms with Crippen molar-refractivity contribution in [3.8, 4) is 16.5 Å². The highest BCUT2D eigenvalue weighted by Gasteiger charge is 2.26. The number of hydrogen-bond donors (Lipinski definition) is 4. The number of nitrogens with zero attached hydrogens (tertiary/aromatic N) is 5. The van der Waals surface area contributed by atoms with Crippen molar-refractivity contribution in [2.75, 3.05) is 13.1 Å². The summed E-state index contributed by atoms with van der Waals surface area (Å²) in [5.41, 5.74) is 7.57. The van der Waals surface area contributed by atoms with Crippen molar-refractivity contribution in [2.45, 2.75) is 31.3 Å². The Morgan fingerprint density at radius 2 is 2.15 bits per heavy atom. The van der Waals surface area contributed by atoms with E-state index in [9.17, 15) is 14.7 Å². The number of thiophene rings is 1. The first-order chi connectivity index (χ1) is 16.4. The fourth-order valence-electron chi connectivity index (χ4n) is 4.04. The maximum atomic E-state index is 12.9. The van der Waals surface area contributed by atoms with Crippen LogP contribution in [0.2, 0.25) is 0 Å². The van der Waals surface area contributed by atoms with Crippen molar-refractivity contribution < 1.29 is 9.90 Å². The minimum absolute atomic E-state index is 0.0153. The number of aromatic amines is 2. The van der Waals surface area contributed by atoms with E-state index in [0.29, 0.717) is 40.0 Å². The third kappa shape index (κ3) is 3.80. The van der Waals surface area contributed by atoms with Crippen molar-refractivity contribution in [1.29, 1.82) is 0 Å². The standard InChI is InChI=1S/C22H22N8O3S/c23-12-5-6-29(10-12)21(32)17-4-3-16(34-17)14-8-18(25-13-1-2-13)30-19(26-14)11(9-24-30)7-15-20(31)28-22(33)27-15/h3-4,7-9,12-13,31H,1-2,5-6,10,23H2,(H2,27,28,33)/t12-/m1/s1. The largest absolute Gasteiger partial charge is 0.493 e. The Hall–Kier alpha value is -3.77. The quantitative estimate of drug-likeness (QED) is 0.322. The number of carbonyl (C=O) groups is 1. The van der Waals surface area contributed by atoms with Crippen LogP contribution in [0.1, 0.15) is 34.6 Å². The van der Waals surface area contributed by atoms with E-state index in [-0.39, 0.29) is 29.6 Å². The van der Waals surface area contributed by atoms with Gasteiger partial charge in [0.1, 0.15) is 5.69 Å². The number of imidazole rings is 1. The Kier molecular flexibility index (Phi) is 4.85. The minimum atomic E-state index is -0.506. The van der Waals surface area contributed by atoms with Gasteiger partial charge >= 0.3 is 5.69 Å². The average Bonchev–Trinajstić information content (AvgIpc) is 3.18. The molecule has 2 aliphatic rings. The predicted octanol–water partition coefficient (Wildman–Crippen LogP) is -0.0362. The van der Waals surface area contributed by atoms with Crippen molar-refractivity contribution in [1.82, 2.24) is 29.5 Å². The molecule has 1 amide bonds. The first kappa shape index (κ1) is 20.8. The lowest BCUT2D eigenvalue weighted by Gasteiger charge is -2.14. The molecule has 34 heavy (non-hydrogen) atoms. The van der Waals surface area contributed by atoms with Gasteiger partial charge in [0.15, 0.2) is 11.1 Å². The van der Waals surface area contributed by atoms with Gasteiger partial charge in [-0.05, 0) is 37.5 Å². The van der Waals surface area contributed by atoms with E-state index in [2.05, 4.69) is 15.1 Å². The molecule has 174 valence electrons. The van der Waals surface area contributed by atoms with E-state index < -0.39 is 5.69 Å². The molecule has 1 saturated heterocycles. The smallest absolute Gasteiger partial charge is 0.326 e. The summed E-state index contributed by atoms with van der Waals surface area (Å²) in [4.78, 5) is 42.1. The molecule has 12 heteroatoms. The fraction of sp³-hybridized carbons (Fsp3) is 0.318. The van der Waals surface area contributed by atoms with Crippen molar-refractivity contribution in [3.63, 3.8) is 0 Å². The molecule has 0 spiro atoms. The summed E-state index contributed by atoms with van der Waals surface area (Å²) in [5, 5.41) is 15.0. The summed E-state index contributed by atoms with van der Waals surface area (Å²) in [6.45, 7) is 1.24. The lowest BCUT2D eigenvalue weighted by Crippen LogP contribution is -2.31. The molecule has 6 rings (SSSR count). The molecule has 5 N–H and O–H groups in total. The van der Waals surface area contributed by atoms with E-state index in [0.717, 1.165) is 24.1 Å². The van der Waals surface area contributed by atoms with Gasteiger partial charge in [0, 0.05) is 30.4 Å². The minimum Gasteiger partial charge on any atom is -0.493 e. The number of H-pyrrole nitrogens is 2. The zero-order valence-corrected chi connectivity index (χ0v) is 18.9. The van der Waals surface area contributed by atoms with Gasteiger partial charge in [-0.15, -0.1) is 11.3 Å². The van der Waals surface area contributed by atoms with Crippen LogP contribution in [0.15, 0.2) is 34.2 Å². The maximum Gasteiger partial charge on any atom is 0.326 e. The summed E-state index contributed by atoms with van der Waals surface area (Å²) < 4.78 is 1.65. The van der Waals surface area contributed by atoms with Gasteiger partial charge in [0.05, 0.1) is 27.7 Å². The van der Waals surface area contributed by atoms with Crippen LogP contribution < -0.4 is 22.1 Å². The van der Waals surface area contributed by atoms with Crippen LogP contribution in [0.25, 0.3) is 22.3 Å². The molecule has 0 bridgehead atoms. The number of nitrogens with one attached hydrogen (secondary N) is 2. The summed E-state index contributed by atoms with van der Waals surface area (Å²) in [5.74, 6) is -0.273. The topological polar surface area (TPSA) is 158 Å². The van der Waals surface area contributed by atoms with Crippen molar-refractivity contribution in [2.24, 2.45) is 10.7 Å². The normalized spacial score (nSPS) is 19.6. The zero-order chi connectivity index (χ0) is 23.4. The summed E-state index contributed by atoms with van der Waals surface area (Å²) in [6.07, 6.45) is 6.10. The van der Waals surface area contributed by atoms with Crippen LogP contribution in [-0.2, 0) is 0 Å². The Balaban J connectivity index is 1.46. The van der Waals surface area contributed by atoms with E-state index in [1.54, 1.807) is 21.7 Å². The summed E-state index contributed by atoms with van der Waals surface area (Å²) >= 11 is 1.38. The first-order valence-corrected chi connectivity index (χ1v) is 11.9. The van der Waals surface area contributed by atoms with E-state index in [1.807, 2.05) is 18.2 Å². The lowest BCUT2D eigenvalue weighted by atomic mass is 10.3. The highest BCUT2D eigenvalue weighted by molar-refractivity contribution is 7.17. The van der Waals surface area contributed by atoms with Crippen LogP contribution in [-0.4, -0.2) is 65.7 Å². The van der Waals surface area contributed by atoms with Gasteiger partial charge in [-0.2, -0.15) is 9.61 Å². The number of nitrogens with two attached hydrogens (primary N) is 1. The van der Waals surface area contributed by atoms with Gasteiger partial charge in [0.2, 0.25) is 5.88 Å². The average molecular weight is 479 g/mol. The molecule has 0 radical (unpaired) electrons. The van der Waals surface area contributed by atoms with Gasteiger partial charge in [-0.1, -0.05) is 0 Å². The van der Waals surface area contributed by atoms with Crippen LogP contribution in [0.4, 0.5) is 0 Å². The molecule has 1 atom stereocenters. The molecule has 11 nitrogen and oxygen atoms in total. The molecule has 0 unspecified atom stereocenters. The third-order valence-corrected chi connectivity index (χ3v) is 7.05. The first-order valence-electron chi connectivity index (χ1n) is 11.1. The van der Waals surface area contributed by atoms with Crippen LogP contribution in [0.5, 0.6) is 5.88 Å². The van der Waals surface area contributed by atoms with Gasteiger partial charge in [-0.25, -0.2) is 9.78 Å². The molecule has 1 aliphatic heterocycles. The second-order valence-corrected chi connectivity index (χ2v) is 9.73. The second-order valence-electron chi connectivity index (χ2n) is 8.64. The number of amides is 1. The number of fused-ring (bicyclic) bond motifs is 1. The Bertz CT molecular complexity index is 1590. The van der Waals surface area contributed by atoms with Crippen LogP contribution in [0, 0.1) is 0 Å². The van der Waals surface area contributed by atoms with E-state index in [4.69, 9.17) is 15.7 Å². The predicted molar refractivity (Wildman–Crippen MR) is 125 cm³/mol. The molecule has 5 heterocycles. The van der Waals surface area contributed by atoms with Crippen molar-refractivity contribution >= 4 is 29.0 Å². The van der Waals surface area contributed by atoms with Gasteiger partial charge in [0.25, 0.3) is 5.91 Å². The molecule has 0 aromatic carbocycles. The summed E-state index contributed by atoms with van der Waals surface area (Å²) in [6, 6.07) is 5.89. The van der Waals surface area contributed by atoms with Crippen LogP contribution >= 0.6 is 11.3 Å². The second kappa shape index (κ2) is 7.92. The molecular formula is C22H22N8O3S. The Labute approximate surface area is 196 Å². The molecule has 2 fully saturated rings. The number of hydrogen-bond acceptors (Lipinski definition) is 8. The Morgan fingerprint density at radius 1 is 1.29 bits per heavy atom. The number of carbonyl (C=O) groups excluding carboxylic acids is 1. The lowest BCUT2D eigenvalue weighted by molar-refractivity contribution is 0.0795. The SMILES string of the molecule is N[C@@H]1CCN(C(=O)c2ccc(-c3cc(=NC4CC4)n4ncc(=Cc5[nH]c(=O)[nH]c5O)c4n3)s2)C1. The Morgan fingerprint density at radius 3 is 2.85 bits per heavy atom. The highest BCUT2D eigenvalue weighted by Crippen LogP contribution is 2.28. The van der Waals surface area contributed by atoms with Crippen molar-refractivity contribution in [3.05, 3.63) is 56.2 Å². The number of aromatic nitrogens is 5. The number of likely N-dealkylation sites (tertiary alicyclic amines) is 1. The van der Waals surface area contributed by atoms with Crippen LogP contribution in [0.3, 0.4) is 0 Å². The molecule has 4 aromatic heterocycles. The molecule has 1 aliphatic carbocycles. The highest BCUT2D eigenvalue weighted by atomic mass is 32.1. The maximum absolute atomic E-state index is 12.9. The van der Waals surface area contributed by atoms with Gasteiger partial charge in [-0.3, -0.25) is 14.8 Å². The molecular weight excluding hydrogens is 456 g/mol. The molecule has 4 aromatic rings. The van der Waals surface area contributed by atoms with E-state index >= 15 is 0 Å². The third-order valence-electron chi connectivity index (χ3n) is 5.96. The monoisotopic (exact) mass is 478 g/mol. The van der Waals surface area contributed by atoms with E-state index in [1.165, 1.54) is 11.3 Å².